The van der Waals surface area contributed by atoms with Gasteiger partial charge in [0.15, 0.2) is 5.96 Å². The molecule has 1 aromatic rings. The van der Waals surface area contributed by atoms with Gasteiger partial charge in [-0.1, -0.05) is 0 Å². The van der Waals surface area contributed by atoms with Crippen LogP contribution in [-0.4, -0.2) is 65.7 Å². The standard InChI is InChI=1S/C19H31N3O4/c1-20-19(22-11-4-13-26-18-9-14-24-15-18)21-10-3-12-25-17-7-5-16(23-2)6-8-17/h5-8,18H,3-4,9-15H2,1-2H3,(H2,20,21,22). The van der Waals surface area contributed by atoms with Crippen LogP contribution in [-0.2, 0) is 9.47 Å². The molecule has 1 atom stereocenters. The van der Waals surface area contributed by atoms with Gasteiger partial charge in [-0.25, -0.2) is 0 Å². The molecule has 0 radical (unpaired) electrons. The van der Waals surface area contributed by atoms with E-state index >= 15 is 0 Å². The Bertz CT molecular complexity index is 516. The lowest BCUT2D eigenvalue weighted by Gasteiger charge is -2.13. The molecular weight excluding hydrogens is 334 g/mol. The molecule has 2 rings (SSSR count). The first-order valence-electron chi connectivity index (χ1n) is 9.22. The number of rotatable bonds is 11. The van der Waals surface area contributed by atoms with E-state index in [-0.39, 0.29) is 6.10 Å². The molecule has 1 heterocycles. The van der Waals surface area contributed by atoms with Crippen LogP contribution in [0.25, 0.3) is 0 Å². The van der Waals surface area contributed by atoms with Crippen molar-refractivity contribution in [3.8, 4) is 11.5 Å². The summed E-state index contributed by atoms with van der Waals surface area (Å²) in [6.07, 6.45) is 3.11. The van der Waals surface area contributed by atoms with Crippen LogP contribution in [0.4, 0.5) is 0 Å². The van der Waals surface area contributed by atoms with Crippen molar-refractivity contribution >= 4 is 5.96 Å². The molecule has 7 heteroatoms. The van der Waals surface area contributed by atoms with Gasteiger partial charge < -0.3 is 29.6 Å². The third kappa shape index (κ3) is 7.93. The monoisotopic (exact) mass is 365 g/mol. The van der Waals surface area contributed by atoms with Gasteiger partial charge in [-0.15, -0.1) is 0 Å². The van der Waals surface area contributed by atoms with Crippen LogP contribution < -0.4 is 20.1 Å². The molecule has 0 amide bonds. The predicted molar refractivity (Wildman–Crippen MR) is 102 cm³/mol. The van der Waals surface area contributed by atoms with E-state index in [2.05, 4.69) is 15.6 Å². The van der Waals surface area contributed by atoms with Crippen molar-refractivity contribution in [3.05, 3.63) is 24.3 Å². The second-order valence-electron chi connectivity index (χ2n) is 6.01. The maximum atomic E-state index is 5.74. The highest BCUT2D eigenvalue weighted by atomic mass is 16.5. The highest BCUT2D eigenvalue weighted by Gasteiger charge is 2.15. The SMILES string of the molecule is CN=C(NCCCOc1ccc(OC)cc1)NCCCOC1CCOC1. The Labute approximate surface area is 156 Å². The van der Waals surface area contributed by atoms with Crippen LogP contribution in [0.1, 0.15) is 19.3 Å². The second kappa shape index (κ2) is 12.4. The summed E-state index contributed by atoms with van der Waals surface area (Å²) in [6, 6.07) is 7.60. The van der Waals surface area contributed by atoms with E-state index in [1.165, 1.54) is 0 Å². The van der Waals surface area contributed by atoms with E-state index in [9.17, 15) is 0 Å². The smallest absolute Gasteiger partial charge is 0.190 e. The molecule has 1 aromatic carbocycles. The van der Waals surface area contributed by atoms with Crippen LogP contribution in [0.15, 0.2) is 29.3 Å². The molecule has 7 nitrogen and oxygen atoms in total. The quantitative estimate of drug-likeness (QED) is 0.354. The van der Waals surface area contributed by atoms with Crippen LogP contribution in [0.3, 0.4) is 0 Å². The molecule has 0 aromatic heterocycles. The number of hydrogen-bond acceptors (Lipinski definition) is 5. The van der Waals surface area contributed by atoms with Gasteiger partial charge in [-0.2, -0.15) is 0 Å². The largest absolute Gasteiger partial charge is 0.497 e. The van der Waals surface area contributed by atoms with Gasteiger partial charge in [0, 0.05) is 33.4 Å². The minimum Gasteiger partial charge on any atom is -0.497 e. The van der Waals surface area contributed by atoms with Crippen LogP contribution >= 0.6 is 0 Å². The number of nitrogens with one attached hydrogen (secondary N) is 2. The normalized spacial score (nSPS) is 17.2. The number of hydrogen-bond donors (Lipinski definition) is 2. The van der Waals surface area contributed by atoms with Crippen molar-refractivity contribution in [2.45, 2.75) is 25.4 Å². The number of ether oxygens (including phenoxy) is 4. The molecule has 1 aliphatic rings. The van der Waals surface area contributed by atoms with E-state index in [0.717, 1.165) is 69.6 Å². The van der Waals surface area contributed by atoms with Gasteiger partial charge in [0.1, 0.15) is 11.5 Å². The van der Waals surface area contributed by atoms with E-state index in [1.807, 2.05) is 24.3 Å². The lowest BCUT2D eigenvalue weighted by Crippen LogP contribution is -2.38. The summed E-state index contributed by atoms with van der Waals surface area (Å²) in [4.78, 5) is 4.22. The lowest BCUT2D eigenvalue weighted by atomic mass is 10.3. The van der Waals surface area contributed by atoms with Crippen molar-refractivity contribution in [2.24, 2.45) is 4.99 Å². The molecule has 0 bridgehead atoms. The van der Waals surface area contributed by atoms with Gasteiger partial charge in [-0.3, -0.25) is 4.99 Å². The van der Waals surface area contributed by atoms with Gasteiger partial charge in [0.05, 0.1) is 26.4 Å². The molecule has 1 saturated heterocycles. The Morgan fingerprint density at radius 1 is 1.12 bits per heavy atom. The summed E-state index contributed by atoms with van der Waals surface area (Å²) >= 11 is 0. The van der Waals surface area contributed by atoms with Crippen molar-refractivity contribution in [1.82, 2.24) is 10.6 Å². The minimum atomic E-state index is 0.276. The predicted octanol–water partition coefficient (Wildman–Crippen LogP) is 1.82. The summed E-state index contributed by atoms with van der Waals surface area (Å²) in [6.45, 7) is 4.57. The Hall–Kier alpha value is -1.99. The number of guanidine groups is 1. The molecular formula is C19H31N3O4. The molecule has 0 aliphatic carbocycles. The first-order valence-corrected chi connectivity index (χ1v) is 9.22. The zero-order valence-electron chi connectivity index (χ0n) is 15.8. The number of nitrogens with zero attached hydrogens (tertiary/aromatic N) is 1. The van der Waals surface area contributed by atoms with E-state index in [0.29, 0.717) is 6.61 Å². The lowest BCUT2D eigenvalue weighted by molar-refractivity contribution is 0.0420. The van der Waals surface area contributed by atoms with Gasteiger partial charge in [0.25, 0.3) is 0 Å². The minimum absolute atomic E-state index is 0.276. The summed E-state index contributed by atoms with van der Waals surface area (Å²) in [5, 5.41) is 6.57. The van der Waals surface area contributed by atoms with E-state index < -0.39 is 0 Å². The van der Waals surface area contributed by atoms with Crippen molar-refractivity contribution in [3.63, 3.8) is 0 Å². The third-order valence-electron chi connectivity index (χ3n) is 4.02. The number of methoxy groups -OCH3 is 1. The van der Waals surface area contributed by atoms with Crippen molar-refractivity contribution < 1.29 is 18.9 Å². The Morgan fingerprint density at radius 2 is 1.81 bits per heavy atom. The second-order valence-corrected chi connectivity index (χ2v) is 6.01. The Balaban J connectivity index is 1.47. The highest BCUT2D eigenvalue weighted by molar-refractivity contribution is 5.79. The molecule has 2 N–H and O–H groups in total. The first kappa shape index (κ1) is 20.3. The van der Waals surface area contributed by atoms with E-state index in [4.69, 9.17) is 18.9 Å². The third-order valence-corrected chi connectivity index (χ3v) is 4.02. The van der Waals surface area contributed by atoms with Crippen LogP contribution in [0.5, 0.6) is 11.5 Å². The average molecular weight is 365 g/mol. The molecule has 26 heavy (non-hydrogen) atoms. The molecule has 0 saturated carbocycles. The van der Waals surface area contributed by atoms with Crippen LogP contribution in [0, 0.1) is 0 Å². The highest BCUT2D eigenvalue weighted by Crippen LogP contribution is 2.16. The van der Waals surface area contributed by atoms with Crippen LogP contribution in [0.2, 0.25) is 0 Å². The summed E-state index contributed by atoms with van der Waals surface area (Å²) in [7, 11) is 3.43. The summed E-state index contributed by atoms with van der Waals surface area (Å²) < 4.78 is 21.9. The average Bonchev–Trinajstić information content (AvgIpc) is 3.20. The maximum Gasteiger partial charge on any atom is 0.190 e. The van der Waals surface area contributed by atoms with Gasteiger partial charge >= 0.3 is 0 Å². The fourth-order valence-corrected chi connectivity index (χ4v) is 2.53. The van der Waals surface area contributed by atoms with Crippen molar-refractivity contribution in [1.29, 1.82) is 0 Å². The van der Waals surface area contributed by atoms with E-state index in [1.54, 1.807) is 14.2 Å². The fraction of sp³-hybridized carbons (Fsp3) is 0.632. The Morgan fingerprint density at radius 3 is 2.42 bits per heavy atom. The van der Waals surface area contributed by atoms with Crippen molar-refractivity contribution in [2.75, 3.05) is 53.7 Å². The number of benzene rings is 1. The molecule has 146 valence electrons. The van der Waals surface area contributed by atoms with Gasteiger partial charge in [-0.05, 0) is 43.5 Å². The summed E-state index contributed by atoms with van der Waals surface area (Å²) in [5.41, 5.74) is 0. The zero-order chi connectivity index (χ0) is 18.5. The molecule has 1 fully saturated rings. The topological polar surface area (TPSA) is 73.3 Å². The molecule has 0 spiro atoms. The summed E-state index contributed by atoms with van der Waals surface area (Å²) in [5.74, 6) is 2.48. The first-order chi connectivity index (χ1) is 12.8. The maximum absolute atomic E-state index is 5.74. The molecule has 1 unspecified atom stereocenters. The van der Waals surface area contributed by atoms with Gasteiger partial charge in [0.2, 0.25) is 0 Å². The zero-order valence-corrected chi connectivity index (χ0v) is 15.8. The fourth-order valence-electron chi connectivity index (χ4n) is 2.53. The number of aliphatic imine (C=N–C) groups is 1. The molecule has 1 aliphatic heterocycles. The Kier molecular flexibility index (Phi) is 9.67.